The van der Waals surface area contributed by atoms with Crippen LogP contribution in [0.5, 0.6) is 0 Å². The van der Waals surface area contributed by atoms with E-state index in [1.165, 1.54) is 5.56 Å². The largest absolute Gasteiger partial charge is 0.319 e. The van der Waals surface area contributed by atoms with Crippen molar-refractivity contribution in [1.82, 2.24) is 14.2 Å². The van der Waals surface area contributed by atoms with Crippen LogP contribution in [0.25, 0.3) is 5.69 Å². The zero-order chi connectivity index (χ0) is 13.1. The summed E-state index contributed by atoms with van der Waals surface area (Å²) in [7, 11) is 0. The lowest BCUT2D eigenvalue weighted by molar-refractivity contribution is 0.728. The van der Waals surface area contributed by atoms with Gasteiger partial charge in [0.2, 0.25) is 0 Å². The third-order valence-electron chi connectivity index (χ3n) is 3.14. The highest BCUT2D eigenvalue weighted by molar-refractivity contribution is 5.36. The molecule has 2 heterocycles. The number of hydrogen-bond donors (Lipinski definition) is 1. The van der Waals surface area contributed by atoms with E-state index in [0.717, 1.165) is 5.69 Å². The summed E-state index contributed by atoms with van der Waals surface area (Å²) in [5.41, 5.74) is 5.76. The van der Waals surface area contributed by atoms with Gasteiger partial charge in [0.15, 0.2) is 0 Å². The lowest BCUT2D eigenvalue weighted by atomic mass is 10.1. The molecule has 0 aliphatic heterocycles. The maximum Gasteiger partial charge on any atom is 0.0991 e. The van der Waals surface area contributed by atoms with Crippen LogP contribution < -0.4 is 5.43 Å². The van der Waals surface area contributed by atoms with E-state index in [9.17, 15) is 0 Å². The third-order valence-corrected chi connectivity index (χ3v) is 3.14. The molecule has 0 spiro atoms. The Morgan fingerprint density at radius 2 is 1.79 bits per heavy atom. The van der Waals surface area contributed by atoms with Crippen LogP contribution in [-0.2, 0) is 0 Å². The number of nitrogens with zero attached hydrogens (tertiary/aromatic N) is 3. The zero-order valence-electron chi connectivity index (χ0n) is 10.8. The van der Waals surface area contributed by atoms with Crippen molar-refractivity contribution in [3.05, 3.63) is 73.1 Å². The number of aromatic nitrogens is 3. The second kappa shape index (κ2) is 5.02. The topological polar surface area (TPSA) is 34.8 Å². The van der Waals surface area contributed by atoms with E-state index in [4.69, 9.17) is 0 Å². The molecule has 0 saturated carbocycles. The molecule has 3 rings (SSSR count). The van der Waals surface area contributed by atoms with Crippen molar-refractivity contribution >= 4 is 0 Å². The third kappa shape index (κ3) is 2.52. The molecule has 1 N–H and O–H groups in total. The first-order valence-electron chi connectivity index (χ1n) is 6.31. The number of benzene rings is 1. The molecule has 0 fully saturated rings. The predicted molar refractivity (Wildman–Crippen MR) is 75.8 cm³/mol. The summed E-state index contributed by atoms with van der Waals surface area (Å²) in [6.07, 6.45) is 9.52. The second-order valence-corrected chi connectivity index (χ2v) is 4.50. The maximum absolute atomic E-state index is 4.05. The van der Waals surface area contributed by atoms with Gasteiger partial charge < -0.3 is 9.99 Å². The fourth-order valence-corrected chi connectivity index (χ4v) is 2.07. The van der Waals surface area contributed by atoms with Gasteiger partial charge in [-0.15, -0.1) is 0 Å². The highest BCUT2D eigenvalue weighted by Crippen LogP contribution is 2.16. The van der Waals surface area contributed by atoms with Crippen LogP contribution in [0.1, 0.15) is 18.5 Å². The summed E-state index contributed by atoms with van der Waals surface area (Å²) in [5.74, 6) is 0. The fraction of sp³-hybridized carbons (Fsp3) is 0.133. The van der Waals surface area contributed by atoms with Crippen LogP contribution in [0.15, 0.2) is 67.5 Å². The standard InChI is InChI=1S/C15H16N4/c1-13(17-19-9-2-3-10-19)14-4-6-15(7-5-14)18-11-8-16-12-18/h2-13,17H,1H3. The molecular formula is C15H16N4. The van der Waals surface area contributed by atoms with E-state index in [1.807, 2.05) is 40.0 Å². The first-order chi connectivity index (χ1) is 9.33. The summed E-state index contributed by atoms with van der Waals surface area (Å²) in [4.78, 5) is 4.05. The van der Waals surface area contributed by atoms with E-state index in [-0.39, 0.29) is 6.04 Å². The van der Waals surface area contributed by atoms with Crippen LogP contribution in [0.3, 0.4) is 0 Å². The molecule has 0 saturated heterocycles. The summed E-state index contributed by atoms with van der Waals surface area (Å²) >= 11 is 0. The Bertz CT molecular complexity index is 609. The van der Waals surface area contributed by atoms with Gasteiger partial charge in [-0.25, -0.2) is 4.98 Å². The SMILES string of the molecule is CC(Nn1cccc1)c1ccc(-n2ccnc2)cc1. The van der Waals surface area contributed by atoms with Crippen LogP contribution in [-0.4, -0.2) is 14.2 Å². The minimum absolute atomic E-state index is 0.254. The molecule has 19 heavy (non-hydrogen) atoms. The molecule has 2 aromatic heterocycles. The van der Waals surface area contributed by atoms with Gasteiger partial charge in [-0.1, -0.05) is 12.1 Å². The molecule has 4 nitrogen and oxygen atoms in total. The second-order valence-electron chi connectivity index (χ2n) is 4.50. The molecule has 0 bridgehead atoms. The molecule has 4 heteroatoms. The van der Waals surface area contributed by atoms with Gasteiger partial charge in [0, 0.05) is 30.5 Å². The van der Waals surface area contributed by atoms with Crippen molar-refractivity contribution in [3.63, 3.8) is 0 Å². The van der Waals surface area contributed by atoms with Crippen LogP contribution in [0.2, 0.25) is 0 Å². The van der Waals surface area contributed by atoms with Crippen LogP contribution in [0.4, 0.5) is 0 Å². The monoisotopic (exact) mass is 252 g/mol. The van der Waals surface area contributed by atoms with Gasteiger partial charge in [-0.05, 0) is 36.8 Å². The van der Waals surface area contributed by atoms with E-state index in [0.29, 0.717) is 0 Å². The Hall–Kier alpha value is -2.49. The Morgan fingerprint density at radius 3 is 2.42 bits per heavy atom. The predicted octanol–water partition coefficient (Wildman–Crippen LogP) is 2.98. The van der Waals surface area contributed by atoms with Crippen molar-refractivity contribution < 1.29 is 0 Å². The van der Waals surface area contributed by atoms with E-state index < -0.39 is 0 Å². The normalized spacial score (nSPS) is 12.3. The first kappa shape index (κ1) is 11.6. The lowest BCUT2D eigenvalue weighted by Crippen LogP contribution is -2.16. The maximum atomic E-state index is 4.05. The summed E-state index contributed by atoms with van der Waals surface area (Å²) in [6, 6.07) is 12.7. The van der Waals surface area contributed by atoms with E-state index >= 15 is 0 Å². The summed E-state index contributed by atoms with van der Waals surface area (Å²) < 4.78 is 3.96. The molecule has 1 atom stereocenters. The highest BCUT2D eigenvalue weighted by Gasteiger charge is 2.05. The Kier molecular flexibility index (Phi) is 3.06. The molecule has 0 radical (unpaired) electrons. The van der Waals surface area contributed by atoms with E-state index in [2.05, 4.69) is 41.6 Å². The van der Waals surface area contributed by atoms with Gasteiger partial charge in [0.1, 0.15) is 0 Å². The molecule has 96 valence electrons. The average Bonchev–Trinajstić information content (AvgIpc) is 3.12. The number of hydrogen-bond acceptors (Lipinski definition) is 2. The lowest BCUT2D eigenvalue weighted by Gasteiger charge is -2.17. The number of imidazole rings is 1. The average molecular weight is 252 g/mol. The van der Waals surface area contributed by atoms with Crippen LogP contribution >= 0.6 is 0 Å². The quantitative estimate of drug-likeness (QED) is 0.774. The van der Waals surface area contributed by atoms with Gasteiger partial charge in [0.25, 0.3) is 0 Å². The minimum atomic E-state index is 0.254. The van der Waals surface area contributed by atoms with Crippen molar-refractivity contribution in [1.29, 1.82) is 0 Å². The molecule has 0 amide bonds. The Morgan fingerprint density at radius 1 is 1.05 bits per heavy atom. The van der Waals surface area contributed by atoms with Crippen molar-refractivity contribution in [2.24, 2.45) is 0 Å². The van der Waals surface area contributed by atoms with E-state index in [1.54, 1.807) is 12.5 Å². The highest BCUT2D eigenvalue weighted by atomic mass is 15.4. The summed E-state index contributed by atoms with van der Waals surface area (Å²) in [5, 5.41) is 0. The first-order valence-corrected chi connectivity index (χ1v) is 6.31. The van der Waals surface area contributed by atoms with Crippen molar-refractivity contribution in [2.45, 2.75) is 13.0 Å². The van der Waals surface area contributed by atoms with Gasteiger partial charge in [0.05, 0.1) is 12.4 Å². The smallest absolute Gasteiger partial charge is 0.0991 e. The van der Waals surface area contributed by atoms with Crippen molar-refractivity contribution in [2.75, 3.05) is 5.43 Å². The molecule has 1 unspecified atom stereocenters. The van der Waals surface area contributed by atoms with Gasteiger partial charge in [-0.3, -0.25) is 4.68 Å². The molecule has 3 aromatic rings. The Labute approximate surface area is 112 Å². The van der Waals surface area contributed by atoms with Gasteiger partial charge in [-0.2, -0.15) is 0 Å². The molecule has 0 aliphatic carbocycles. The number of rotatable bonds is 4. The fourth-order valence-electron chi connectivity index (χ4n) is 2.07. The summed E-state index contributed by atoms with van der Waals surface area (Å²) in [6.45, 7) is 2.15. The minimum Gasteiger partial charge on any atom is -0.319 e. The molecular weight excluding hydrogens is 236 g/mol. The molecule has 1 aromatic carbocycles. The zero-order valence-corrected chi connectivity index (χ0v) is 10.8. The molecule has 0 aliphatic rings. The van der Waals surface area contributed by atoms with Crippen molar-refractivity contribution in [3.8, 4) is 5.69 Å². The van der Waals surface area contributed by atoms with Gasteiger partial charge >= 0.3 is 0 Å². The number of nitrogens with one attached hydrogen (secondary N) is 1. The van der Waals surface area contributed by atoms with Crippen LogP contribution in [0, 0.1) is 0 Å². The Balaban J connectivity index is 1.75.